The molecule has 0 saturated carbocycles. The monoisotopic (exact) mass is 688 g/mol. The standard InChI is InChI=1S/C33H35ClF2N4O6S/c1-16-14-40-17(15-39(16)31(43)46-33(5,6)7)10-11-44-26-19(29(40)41)12-22(36)24(25(26)34)18-8-9-21(35)27-23(18)20(13-37)28(47-27)38-30(42)45-32(2,3)4/h8-9,12,16-17H,10-11,14-15H2,1-7H3,(H,38,42)/t16-,17-/m0/s1. The van der Waals surface area contributed by atoms with Crippen LogP contribution >= 0.6 is 22.9 Å². The zero-order valence-electron chi connectivity index (χ0n) is 27.0. The van der Waals surface area contributed by atoms with Crippen LogP contribution in [0.5, 0.6) is 5.75 Å². The highest BCUT2D eigenvalue weighted by molar-refractivity contribution is 7.23. The maximum absolute atomic E-state index is 16.2. The number of rotatable bonds is 2. The van der Waals surface area contributed by atoms with Crippen molar-refractivity contribution in [2.24, 2.45) is 0 Å². The van der Waals surface area contributed by atoms with Crippen molar-refractivity contribution in [2.45, 2.75) is 78.2 Å². The molecule has 3 aromatic rings. The summed E-state index contributed by atoms with van der Waals surface area (Å²) >= 11 is 7.62. The Bertz CT molecular complexity index is 1830. The van der Waals surface area contributed by atoms with E-state index >= 15 is 8.78 Å². The van der Waals surface area contributed by atoms with Crippen LogP contribution in [0.25, 0.3) is 21.2 Å². The number of nitrogens with one attached hydrogen (secondary N) is 1. The fraction of sp³-hybridized carbons (Fsp3) is 0.455. The van der Waals surface area contributed by atoms with E-state index in [0.29, 0.717) is 6.42 Å². The third-order valence-corrected chi connectivity index (χ3v) is 9.09. The fourth-order valence-corrected chi connectivity index (χ4v) is 7.10. The third-order valence-electron chi connectivity index (χ3n) is 7.62. The van der Waals surface area contributed by atoms with Gasteiger partial charge in [0.2, 0.25) is 0 Å². The minimum absolute atomic E-state index is 0.0102. The van der Waals surface area contributed by atoms with E-state index in [9.17, 15) is 19.6 Å². The summed E-state index contributed by atoms with van der Waals surface area (Å²) in [6.07, 6.45) is -0.983. The van der Waals surface area contributed by atoms with Gasteiger partial charge >= 0.3 is 12.2 Å². The number of amides is 3. The molecule has 14 heteroatoms. The molecule has 5 rings (SSSR count). The first kappa shape index (κ1) is 34.2. The van der Waals surface area contributed by atoms with Crippen LogP contribution in [0.3, 0.4) is 0 Å². The van der Waals surface area contributed by atoms with Gasteiger partial charge in [-0.15, -0.1) is 11.3 Å². The lowest BCUT2D eigenvalue weighted by atomic mass is 9.95. The Morgan fingerprint density at radius 2 is 1.77 bits per heavy atom. The van der Waals surface area contributed by atoms with Gasteiger partial charge < -0.3 is 24.0 Å². The van der Waals surface area contributed by atoms with Crippen molar-refractivity contribution < 1.29 is 37.4 Å². The summed E-state index contributed by atoms with van der Waals surface area (Å²) in [6.45, 7) is 12.6. The zero-order valence-corrected chi connectivity index (χ0v) is 28.6. The van der Waals surface area contributed by atoms with Crippen LogP contribution in [0.4, 0.5) is 23.4 Å². The summed E-state index contributed by atoms with van der Waals surface area (Å²) in [4.78, 5) is 42.5. The van der Waals surface area contributed by atoms with Gasteiger partial charge in [-0.2, -0.15) is 5.26 Å². The molecule has 0 unspecified atom stereocenters. The molecule has 2 aliphatic rings. The second-order valence-electron chi connectivity index (χ2n) is 13.5. The van der Waals surface area contributed by atoms with Crippen LogP contribution in [-0.4, -0.2) is 70.9 Å². The number of hydrogen-bond donors (Lipinski definition) is 1. The molecule has 1 fully saturated rings. The Kier molecular flexibility index (Phi) is 9.07. The van der Waals surface area contributed by atoms with Crippen molar-refractivity contribution in [3.05, 3.63) is 46.0 Å². The molecule has 10 nitrogen and oxygen atoms in total. The van der Waals surface area contributed by atoms with Crippen LogP contribution in [0, 0.1) is 23.0 Å². The Balaban J connectivity index is 1.55. The molecule has 47 heavy (non-hydrogen) atoms. The van der Waals surface area contributed by atoms with Crippen LogP contribution in [0.15, 0.2) is 18.2 Å². The summed E-state index contributed by atoms with van der Waals surface area (Å²) in [5.41, 5.74) is -1.85. The van der Waals surface area contributed by atoms with Crippen molar-refractivity contribution >= 4 is 56.1 Å². The third kappa shape index (κ3) is 6.80. The van der Waals surface area contributed by atoms with Crippen molar-refractivity contribution in [2.75, 3.05) is 25.0 Å². The van der Waals surface area contributed by atoms with Gasteiger partial charge in [0.15, 0.2) is 5.75 Å². The number of carbonyl (C=O) groups excluding carboxylic acids is 3. The molecule has 1 N–H and O–H groups in total. The molecule has 2 atom stereocenters. The van der Waals surface area contributed by atoms with Crippen molar-refractivity contribution in [3.63, 3.8) is 0 Å². The average molecular weight is 689 g/mol. The number of benzene rings is 2. The highest BCUT2D eigenvalue weighted by Crippen LogP contribution is 2.48. The number of nitriles is 1. The Morgan fingerprint density at radius 3 is 2.40 bits per heavy atom. The molecule has 0 spiro atoms. The minimum Gasteiger partial charge on any atom is -0.491 e. The summed E-state index contributed by atoms with van der Waals surface area (Å²) in [5, 5.41) is 12.4. The number of thiophene rings is 1. The number of halogens is 3. The predicted molar refractivity (Wildman–Crippen MR) is 174 cm³/mol. The first-order valence-corrected chi connectivity index (χ1v) is 16.2. The Morgan fingerprint density at radius 1 is 1.09 bits per heavy atom. The minimum atomic E-state index is -0.895. The largest absolute Gasteiger partial charge is 0.491 e. The number of hydrogen-bond acceptors (Lipinski definition) is 8. The SMILES string of the molecule is C[C@H]1CN2C(=O)c3cc(F)c(-c4ccc(F)c5sc(NC(=O)OC(C)(C)C)c(C#N)c45)c(Cl)c3OCC[C@H]2CN1C(=O)OC(C)(C)C. The van der Waals surface area contributed by atoms with Crippen molar-refractivity contribution in [1.29, 1.82) is 5.26 Å². The number of piperazine rings is 1. The molecular formula is C33H35ClF2N4O6S. The maximum Gasteiger partial charge on any atom is 0.412 e. The smallest absolute Gasteiger partial charge is 0.412 e. The molecule has 0 aliphatic carbocycles. The summed E-state index contributed by atoms with van der Waals surface area (Å²) < 4.78 is 48.1. The Labute approximate surface area is 280 Å². The topological polar surface area (TPSA) is 121 Å². The van der Waals surface area contributed by atoms with Crippen molar-refractivity contribution in [1.82, 2.24) is 9.80 Å². The van der Waals surface area contributed by atoms with E-state index in [1.807, 2.05) is 6.07 Å². The van der Waals surface area contributed by atoms with E-state index in [0.717, 1.165) is 23.5 Å². The van der Waals surface area contributed by atoms with Crippen LogP contribution in [0.2, 0.25) is 5.02 Å². The molecule has 3 heterocycles. The van der Waals surface area contributed by atoms with Gasteiger partial charge in [0, 0.05) is 36.5 Å². The fourth-order valence-electron chi connectivity index (χ4n) is 5.68. The van der Waals surface area contributed by atoms with E-state index in [2.05, 4.69) is 5.32 Å². The summed E-state index contributed by atoms with van der Waals surface area (Å²) in [5.74, 6) is -2.16. The van der Waals surface area contributed by atoms with Crippen LogP contribution in [-0.2, 0) is 9.47 Å². The van der Waals surface area contributed by atoms with E-state index in [4.69, 9.17) is 25.8 Å². The quantitative estimate of drug-likeness (QED) is 0.290. The number of ether oxygens (including phenoxy) is 3. The van der Waals surface area contributed by atoms with Crippen molar-refractivity contribution in [3.8, 4) is 22.9 Å². The highest BCUT2D eigenvalue weighted by atomic mass is 35.5. The van der Waals surface area contributed by atoms with Crippen LogP contribution in [0.1, 0.15) is 70.8 Å². The zero-order chi connectivity index (χ0) is 34.6. The molecule has 2 aliphatic heterocycles. The van der Waals surface area contributed by atoms with Gasteiger partial charge in [-0.3, -0.25) is 10.1 Å². The van der Waals surface area contributed by atoms with Gasteiger partial charge in [0.25, 0.3) is 5.91 Å². The molecule has 2 aromatic carbocycles. The van der Waals surface area contributed by atoms with Gasteiger partial charge in [-0.25, -0.2) is 18.4 Å². The lowest BCUT2D eigenvalue weighted by molar-refractivity contribution is -0.0136. The second kappa shape index (κ2) is 12.5. The van der Waals surface area contributed by atoms with Gasteiger partial charge in [-0.05, 0) is 66.2 Å². The number of anilines is 1. The predicted octanol–water partition coefficient (Wildman–Crippen LogP) is 7.95. The first-order chi connectivity index (χ1) is 21.9. The highest BCUT2D eigenvalue weighted by Gasteiger charge is 2.41. The molecule has 0 bridgehead atoms. The van der Waals surface area contributed by atoms with Gasteiger partial charge in [-0.1, -0.05) is 17.7 Å². The number of carbonyl (C=O) groups is 3. The van der Waals surface area contributed by atoms with E-state index in [-0.39, 0.29) is 73.9 Å². The molecule has 250 valence electrons. The lowest BCUT2D eigenvalue weighted by Gasteiger charge is -2.46. The molecule has 1 saturated heterocycles. The average Bonchev–Trinajstić information content (AvgIpc) is 3.31. The molecule has 3 amide bonds. The molecule has 1 aromatic heterocycles. The summed E-state index contributed by atoms with van der Waals surface area (Å²) in [7, 11) is 0. The van der Waals surface area contributed by atoms with Gasteiger partial charge in [0.05, 0.1) is 33.5 Å². The molecular weight excluding hydrogens is 654 g/mol. The second-order valence-corrected chi connectivity index (χ2v) is 14.9. The molecule has 0 radical (unpaired) electrons. The van der Waals surface area contributed by atoms with E-state index < -0.39 is 47.0 Å². The van der Waals surface area contributed by atoms with E-state index in [1.54, 1.807) is 58.3 Å². The lowest BCUT2D eigenvalue weighted by Crippen LogP contribution is -2.61. The number of nitrogens with zero attached hydrogens (tertiary/aromatic N) is 3. The number of fused-ring (bicyclic) bond motifs is 3. The Hall–Kier alpha value is -4.15. The van der Waals surface area contributed by atoms with Crippen LogP contribution < -0.4 is 10.1 Å². The van der Waals surface area contributed by atoms with Gasteiger partial charge in [0.1, 0.15) is 33.9 Å². The maximum atomic E-state index is 16.2. The first-order valence-electron chi connectivity index (χ1n) is 15.0. The van der Waals surface area contributed by atoms with E-state index in [1.165, 1.54) is 6.07 Å². The summed E-state index contributed by atoms with van der Waals surface area (Å²) in [6, 6.07) is 4.62. The normalized spacial score (nSPS) is 18.4.